The number of benzene rings is 2. The smallest absolute Gasteiger partial charge is 0.269 e. The molecule has 3 aromatic rings. The molecule has 1 amide bonds. The summed E-state index contributed by atoms with van der Waals surface area (Å²) in [6.07, 6.45) is 5.21. The number of thiazole rings is 1. The fourth-order valence-electron chi connectivity index (χ4n) is 3.18. The number of nitrogens with zero attached hydrogens (tertiary/aromatic N) is 4. The Morgan fingerprint density at radius 2 is 1.88 bits per heavy atom. The van der Waals surface area contributed by atoms with Gasteiger partial charge in [-0.1, -0.05) is 25.2 Å². The number of anilines is 1. The molecule has 0 unspecified atom stereocenters. The van der Waals surface area contributed by atoms with Crippen LogP contribution in [0.1, 0.15) is 19.4 Å². The van der Waals surface area contributed by atoms with Gasteiger partial charge in [0.15, 0.2) is 5.13 Å². The zero-order valence-corrected chi connectivity index (χ0v) is 20.0. The van der Waals surface area contributed by atoms with Gasteiger partial charge in [0.2, 0.25) is 0 Å². The summed E-state index contributed by atoms with van der Waals surface area (Å²) >= 11 is 3.18. The second-order valence-corrected chi connectivity index (χ2v) is 8.92. The van der Waals surface area contributed by atoms with E-state index in [4.69, 9.17) is 4.98 Å². The summed E-state index contributed by atoms with van der Waals surface area (Å²) in [4.78, 5) is 33.4. The Labute approximate surface area is 195 Å². The Kier molecular flexibility index (Phi) is 8.38. The lowest BCUT2D eigenvalue weighted by atomic mass is 10.2. The molecule has 32 heavy (non-hydrogen) atoms. The molecule has 2 aromatic carbocycles. The molecule has 168 valence electrons. The monoisotopic (exact) mass is 470 g/mol. The summed E-state index contributed by atoms with van der Waals surface area (Å²) in [5.41, 5.74) is 1.62. The molecule has 0 saturated heterocycles. The minimum atomic E-state index is -0.441. The van der Waals surface area contributed by atoms with Gasteiger partial charge in [0, 0.05) is 36.2 Å². The summed E-state index contributed by atoms with van der Waals surface area (Å²) in [7, 11) is 0. The van der Waals surface area contributed by atoms with Gasteiger partial charge in [-0.3, -0.25) is 19.8 Å². The first-order valence-corrected chi connectivity index (χ1v) is 12.4. The Balaban J connectivity index is 1.85. The molecule has 0 saturated carbocycles. The van der Waals surface area contributed by atoms with E-state index in [1.807, 2.05) is 18.4 Å². The third-order valence-corrected chi connectivity index (χ3v) is 6.90. The summed E-state index contributed by atoms with van der Waals surface area (Å²) in [6, 6.07) is 12.2. The number of non-ortho nitro benzene ring substituents is 1. The van der Waals surface area contributed by atoms with Gasteiger partial charge in [-0.05, 0) is 61.3 Å². The topological polar surface area (TPSA) is 79.6 Å². The van der Waals surface area contributed by atoms with Crippen LogP contribution in [0.15, 0.2) is 53.4 Å². The maximum atomic E-state index is 13.2. The number of aromatic nitrogens is 1. The quantitative estimate of drug-likeness (QED) is 0.173. The van der Waals surface area contributed by atoms with Gasteiger partial charge in [0.05, 0.1) is 15.1 Å². The second-order valence-electron chi connectivity index (χ2n) is 7.03. The van der Waals surface area contributed by atoms with Crippen LogP contribution in [-0.2, 0) is 4.79 Å². The number of hydrogen-bond acceptors (Lipinski definition) is 7. The summed E-state index contributed by atoms with van der Waals surface area (Å²) in [5.74, 6) is -0.167. The van der Waals surface area contributed by atoms with Crippen molar-refractivity contribution in [2.75, 3.05) is 37.3 Å². The van der Waals surface area contributed by atoms with Crippen LogP contribution in [0.2, 0.25) is 0 Å². The summed E-state index contributed by atoms with van der Waals surface area (Å²) < 4.78 is 1.05. The summed E-state index contributed by atoms with van der Waals surface area (Å²) in [5, 5.41) is 11.5. The first-order valence-electron chi connectivity index (χ1n) is 10.4. The molecule has 7 nitrogen and oxygen atoms in total. The number of hydrogen-bond donors (Lipinski definition) is 0. The molecule has 1 aromatic heterocycles. The standard InChI is InChI=1S/C23H26N4O3S2/c1-4-25(5-2)14-15-26(23-24-20-12-11-19(31-3)16-21(20)32-23)22(28)13-8-17-6-9-18(10-7-17)27(29)30/h6-13,16H,4-5,14-15H2,1-3H3. The Morgan fingerprint density at radius 1 is 1.16 bits per heavy atom. The highest BCUT2D eigenvalue weighted by Crippen LogP contribution is 2.31. The van der Waals surface area contributed by atoms with Crippen LogP contribution in [0.3, 0.4) is 0 Å². The number of nitro benzene ring substituents is 1. The average molecular weight is 471 g/mol. The van der Waals surface area contributed by atoms with Crippen molar-refractivity contribution in [3.8, 4) is 0 Å². The average Bonchev–Trinajstić information content (AvgIpc) is 3.23. The predicted octanol–water partition coefficient (Wildman–Crippen LogP) is 5.31. The third kappa shape index (κ3) is 5.93. The van der Waals surface area contributed by atoms with E-state index < -0.39 is 4.92 Å². The Hall–Kier alpha value is -2.75. The zero-order chi connectivity index (χ0) is 23.1. The van der Waals surface area contributed by atoms with E-state index in [1.54, 1.807) is 34.9 Å². The molecule has 0 aliphatic rings. The van der Waals surface area contributed by atoms with E-state index in [1.165, 1.54) is 29.5 Å². The largest absolute Gasteiger partial charge is 0.302 e. The van der Waals surface area contributed by atoms with Crippen LogP contribution in [-0.4, -0.2) is 53.1 Å². The third-order valence-electron chi connectivity index (χ3n) is 5.14. The molecule has 0 aliphatic heterocycles. The molecule has 3 rings (SSSR count). The van der Waals surface area contributed by atoms with E-state index in [-0.39, 0.29) is 11.6 Å². The molecule has 1 heterocycles. The second kappa shape index (κ2) is 11.2. The molecule has 0 aliphatic carbocycles. The van der Waals surface area contributed by atoms with Gasteiger partial charge in [0.25, 0.3) is 11.6 Å². The van der Waals surface area contributed by atoms with Crippen molar-refractivity contribution in [2.45, 2.75) is 18.7 Å². The maximum absolute atomic E-state index is 13.2. The van der Waals surface area contributed by atoms with Crippen LogP contribution in [0.25, 0.3) is 16.3 Å². The van der Waals surface area contributed by atoms with Gasteiger partial charge >= 0.3 is 0 Å². The Bertz CT molecular complexity index is 1110. The van der Waals surface area contributed by atoms with Crippen molar-refractivity contribution in [3.05, 3.63) is 64.2 Å². The highest BCUT2D eigenvalue weighted by Gasteiger charge is 2.19. The fraction of sp³-hybridized carbons (Fsp3) is 0.304. The molecular weight excluding hydrogens is 444 g/mol. The van der Waals surface area contributed by atoms with Crippen molar-refractivity contribution in [3.63, 3.8) is 0 Å². The van der Waals surface area contributed by atoms with E-state index in [0.717, 1.165) is 40.3 Å². The highest BCUT2D eigenvalue weighted by molar-refractivity contribution is 7.98. The zero-order valence-electron chi connectivity index (χ0n) is 18.4. The van der Waals surface area contributed by atoms with Crippen LogP contribution in [0.4, 0.5) is 10.8 Å². The van der Waals surface area contributed by atoms with Gasteiger partial charge in [-0.15, -0.1) is 11.8 Å². The van der Waals surface area contributed by atoms with Crippen LogP contribution >= 0.6 is 23.1 Å². The fourth-order valence-corrected chi connectivity index (χ4v) is 4.73. The van der Waals surface area contributed by atoms with Crippen molar-refractivity contribution in [2.24, 2.45) is 0 Å². The number of rotatable bonds is 10. The molecule has 0 radical (unpaired) electrons. The normalized spacial score (nSPS) is 11.5. The minimum absolute atomic E-state index is 0.0217. The Morgan fingerprint density at radius 3 is 2.50 bits per heavy atom. The highest BCUT2D eigenvalue weighted by atomic mass is 32.2. The molecule has 0 spiro atoms. The number of carbonyl (C=O) groups excluding carboxylic acids is 1. The van der Waals surface area contributed by atoms with Crippen molar-refractivity contribution in [1.82, 2.24) is 9.88 Å². The maximum Gasteiger partial charge on any atom is 0.269 e. The lowest BCUT2D eigenvalue weighted by Gasteiger charge is -2.23. The summed E-state index contributed by atoms with van der Waals surface area (Å²) in [6.45, 7) is 7.30. The minimum Gasteiger partial charge on any atom is -0.302 e. The van der Waals surface area contributed by atoms with Crippen molar-refractivity contribution in [1.29, 1.82) is 0 Å². The number of amides is 1. The van der Waals surface area contributed by atoms with E-state index in [9.17, 15) is 14.9 Å². The van der Waals surface area contributed by atoms with Crippen LogP contribution in [0, 0.1) is 10.1 Å². The molecule has 0 N–H and O–H groups in total. The SMILES string of the molecule is CCN(CC)CCN(C(=O)C=Cc1ccc([N+](=O)[O-])cc1)c1nc2ccc(SC)cc2s1. The first-order chi connectivity index (χ1) is 15.4. The van der Waals surface area contributed by atoms with E-state index in [0.29, 0.717) is 11.7 Å². The number of fused-ring (bicyclic) bond motifs is 1. The van der Waals surface area contributed by atoms with E-state index >= 15 is 0 Å². The number of thioether (sulfide) groups is 1. The predicted molar refractivity (Wildman–Crippen MR) is 134 cm³/mol. The number of nitro groups is 1. The number of carbonyl (C=O) groups is 1. The van der Waals surface area contributed by atoms with Gasteiger partial charge in [-0.25, -0.2) is 4.98 Å². The van der Waals surface area contributed by atoms with Crippen LogP contribution < -0.4 is 4.90 Å². The van der Waals surface area contributed by atoms with Crippen LogP contribution in [0.5, 0.6) is 0 Å². The first kappa shape index (κ1) is 23.9. The molecule has 0 bridgehead atoms. The van der Waals surface area contributed by atoms with Crippen molar-refractivity contribution < 1.29 is 9.72 Å². The van der Waals surface area contributed by atoms with Gasteiger partial charge < -0.3 is 4.90 Å². The van der Waals surface area contributed by atoms with Gasteiger partial charge in [-0.2, -0.15) is 0 Å². The van der Waals surface area contributed by atoms with Gasteiger partial charge in [0.1, 0.15) is 0 Å². The lowest BCUT2D eigenvalue weighted by Crippen LogP contribution is -2.38. The molecular formula is C23H26N4O3S2. The molecule has 0 fully saturated rings. The lowest BCUT2D eigenvalue weighted by molar-refractivity contribution is -0.384. The van der Waals surface area contributed by atoms with E-state index in [2.05, 4.69) is 24.8 Å². The molecule has 9 heteroatoms. The molecule has 0 atom stereocenters. The van der Waals surface area contributed by atoms with Crippen molar-refractivity contribution >= 4 is 56.1 Å². The number of likely N-dealkylation sites (N-methyl/N-ethyl adjacent to an activating group) is 1.